The lowest BCUT2D eigenvalue weighted by Crippen LogP contribution is -2.08. The second-order valence-electron chi connectivity index (χ2n) is 4.79. The Balaban J connectivity index is 2.26. The van der Waals surface area contributed by atoms with Crippen LogP contribution in [-0.4, -0.2) is 27.1 Å². The number of rotatable bonds is 3. The molecule has 0 aliphatic rings. The Labute approximate surface area is 132 Å². The van der Waals surface area contributed by atoms with E-state index in [0.717, 1.165) is 16.5 Å². The molecule has 0 saturated heterocycles. The van der Waals surface area contributed by atoms with Gasteiger partial charge in [-0.05, 0) is 24.6 Å². The monoisotopic (exact) mass is 315 g/mol. The van der Waals surface area contributed by atoms with E-state index < -0.39 is 5.97 Å². The Morgan fingerprint density at radius 2 is 2.14 bits per heavy atom. The number of benzene rings is 1. The second kappa shape index (κ2) is 5.77. The number of hydrogen-bond donors (Lipinski definition) is 0. The molecule has 22 heavy (non-hydrogen) atoms. The van der Waals surface area contributed by atoms with Gasteiger partial charge < -0.3 is 9.30 Å². The van der Waals surface area contributed by atoms with E-state index in [1.165, 1.54) is 6.20 Å². The number of carbonyl (C=O) groups is 1. The summed E-state index contributed by atoms with van der Waals surface area (Å²) in [6.45, 7) is 2.04. The highest BCUT2D eigenvalue weighted by Crippen LogP contribution is 2.31. The highest BCUT2D eigenvalue weighted by Gasteiger charge is 2.20. The van der Waals surface area contributed by atoms with Crippen molar-refractivity contribution < 1.29 is 9.53 Å². The predicted octanol–water partition coefficient (Wildman–Crippen LogP) is 3.47. The number of ether oxygens (including phenoxy) is 1. The average molecular weight is 316 g/mol. The van der Waals surface area contributed by atoms with Crippen LogP contribution in [0, 0.1) is 0 Å². The van der Waals surface area contributed by atoms with E-state index in [1.54, 1.807) is 6.92 Å². The molecule has 6 heteroatoms. The first-order valence-corrected chi connectivity index (χ1v) is 7.23. The van der Waals surface area contributed by atoms with Crippen LogP contribution in [0.25, 0.3) is 22.2 Å². The van der Waals surface area contributed by atoms with E-state index in [1.807, 2.05) is 42.1 Å². The zero-order chi connectivity index (χ0) is 15.7. The Bertz CT molecular complexity index is 858. The van der Waals surface area contributed by atoms with Crippen LogP contribution in [0.4, 0.5) is 0 Å². The van der Waals surface area contributed by atoms with Crippen LogP contribution in [0.1, 0.15) is 17.3 Å². The van der Waals surface area contributed by atoms with Crippen LogP contribution in [0.3, 0.4) is 0 Å². The second-order valence-corrected chi connectivity index (χ2v) is 5.13. The SMILES string of the molecule is CCOC(=O)c1cnc(Cl)nc1-c1cn(C)c2ccccc12. The number of halogens is 1. The molecule has 3 aromatic rings. The van der Waals surface area contributed by atoms with E-state index in [-0.39, 0.29) is 11.9 Å². The van der Waals surface area contributed by atoms with Gasteiger partial charge in [0.2, 0.25) is 5.28 Å². The smallest absolute Gasteiger partial charge is 0.341 e. The summed E-state index contributed by atoms with van der Waals surface area (Å²) >= 11 is 5.93. The molecule has 0 unspecified atom stereocenters. The van der Waals surface area contributed by atoms with E-state index in [4.69, 9.17) is 16.3 Å². The molecule has 2 aromatic heterocycles. The van der Waals surface area contributed by atoms with Gasteiger partial charge >= 0.3 is 5.97 Å². The molecule has 0 bridgehead atoms. The Morgan fingerprint density at radius 3 is 2.91 bits per heavy atom. The molecule has 5 nitrogen and oxygen atoms in total. The molecule has 1 aromatic carbocycles. The predicted molar refractivity (Wildman–Crippen MR) is 84.9 cm³/mol. The van der Waals surface area contributed by atoms with Crippen LogP contribution < -0.4 is 0 Å². The van der Waals surface area contributed by atoms with Gasteiger partial charge in [0.05, 0.1) is 12.3 Å². The molecule has 112 valence electrons. The standard InChI is InChI=1S/C16H14ClN3O2/c1-3-22-15(21)11-8-18-16(17)19-14(11)12-9-20(2)13-7-5-4-6-10(12)13/h4-9H,3H2,1-2H3. The molecule has 0 radical (unpaired) electrons. The molecule has 0 atom stereocenters. The maximum atomic E-state index is 12.1. The fraction of sp³-hybridized carbons (Fsp3) is 0.188. The Morgan fingerprint density at radius 1 is 1.36 bits per heavy atom. The lowest BCUT2D eigenvalue weighted by Gasteiger charge is -2.07. The van der Waals surface area contributed by atoms with Crippen LogP contribution in [-0.2, 0) is 11.8 Å². The molecular weight excluding hydrogens is 302 g/mol. The molecule has 0 fully saturated rings. The van der Waals surface area contributed by atoms with Gasteiger partial charge in [-0.1, -0.05) is 18.2 Å². The highest BCUT2D eigenvalue weighted by molar-refractivity contribution is 6.28. The minimum Gasteiger partial charge on any atom is -0.462 e. The summed E-state index contributed by atoms with van der Waals surface area (Å²) in [5, 5.41) is 1.08. The lowest BCUT2D eigenvalue weighted by atomic mass is 10.1. The van der Waals surface area contributed by atoms with Crippen molar-refractivity contribution in [3.8, 4) is 11.3 Å². The summed E-state index contributed by atoms with van der Waals surface area (Å²) in [6.07, 6.45) is 3.33. The van der Waals surface area contributed by atoms with Crippen molar-refractivity contribution in [1.82, 2.24) is 14.5 Å². The summed E-state index contributed by atoms with van der Waals surface area (Å²) in [4.78, 5) is 20.3. The number of aromatic nitrogens is 3. The largest absolute Gasteiger partial charge is 0.462 e. The number of esters is 1. The molecule has 0 N–H and O–H groups in total. The van der Waals surface area contributed by atoms with Crippen LogP contribution in [0.2, 0.25) is 5.28 Å². The maximum Gasteiger partial charge on any atom is 0.341 e. The first kappa shape index (κ1) is 14.5. The van der Waals surface area contributed by atoms with Crippen molar-refractivity contribution >= 4 is 28.5 Å². The maximum absolute atomic E-state index is 12.1. The van der Waals surface area contributed by atoms with E-state index >= 15 is 0 Å². The summed E-state index contributed by atoms with van der Waals surface area (Å²) in [6, 6.07) is 7.89. The highest BCUT2D eigenvalue weighted by atomic mass is 35.5. The van der Waals surface area contributed by atoms with E-state index in [9.17, 15) is 4.79 Å². The normalized spacial score (nSPS) is 10.9. The molecule has 2 heterocycles. The minimum atomic E-state index is -0.456. The van der Waals surface area contributed by atoms with Crippen molar-refractivity contribution in [2.24, 2.45) is 7.05 Å². The summed E-state index contributed by atoms with van der Waals surface area (Å²) in [5.41, 5.74) is 2.66. The zero-order valence-corrected chi connectivity index (χ0v) is 13.0. The molecule has 0 spiro atoms. The van der Waals surface area contributed by atoms with E-state index in [2.05, 4.69) is 9.97 Å². The number of aryl methyl sites for hydroxylation is 1. The van der Waals surface area contributed by atoms with Gasteiger partial charge in [0.25, 0.3) is 0 Å². The van der Waals surface area contributed by atoms with Crippen molar-refractivity contribution in [2.75, 3.05) is 6.61 Å². The summed E-state index contributed by atoms with van der Waals surface area (Å²) in [7, 11) is 1.94. The van der Waals surface area contributed by atoms with Crippen molar-refractivity contribution in [2.45, 2.75) is 6.92 Å². The van der Waals surface area contributed by atoms with Gasteiger partial charge in [0, 0.05) is 35.9 Å². The fourth-order valence-corrected chi connectivity index (χ4v) is 2.59. The number of fused-ring (bicyclic) bond motifs is 1. The number of carbonyl (C=O) groups excluding carboxylic acids is 1. The minimum absolute atomic E-state index is 0.0935. The third kappa shape index (κ3) is 2.44. The number of para-hydroxylation sites is 1. The molecule has 0 aliphatic carbocycles. The quantitative estimate of drug-likeness (QED) is 0.548. The third-order valence-electron chi connectivity index (χ3n) is 3.41. The summed E-state index contributed by atoms with van der Waals surface area (Å²) in [5.74, 6) is -0.456. The van der Waals surface area contributed by atoms with Gasteiger partial charge in [-0.25, -0.2) is 14.8 Å². The first-order chi connectivity index (χ1) is 10.6. The Kier molecular flexibility index (Phi) is 3.81. The Hall–Kier alpha value is -2.40. The third-order valence-corrected chi connectivity index (χ3v) is 3.59. The van der Waals surface area contributed by atoms with Crippen LogP contribution in [0.5, 0.6) is 0 Å². The molecular formula is C16H14ClN3O2. The van der Waals surface area contributed by atoms with Crippen molar-refractivity contribution in [1.29, 1.82) is 0 Å². The van der Waals surface area contributed by atoms with Gasteiger partial charge in [-0.15, -0.1) is 0 Å². The topological polar surface area (TPSA) is 57.0 Å². The van der Waals surface area contributed by atoms with Crippen LogP contribution in [0.15, 0.2) is 36.7 Å². The average Bonchev–Trinajstić information content (AvgIpc) is 2.85. The number of nitrogens with zero attached hydrogens (tertiary/aromatic N) is 3. The molecule has 0 saturated carbocycles. The number of hydrogen-bond acceptors (Lipinski definition) is 4. The van der Waals surface area contributed by atoms with Crippen LogP contribution >= 0.6 is 11.6 Å². The van der Waals surface area contributed by atoms with Gasteiger partial charge in [-0.3, -0.25) is 0 Å². The molecule has 3 rings (SSSR count). The fourth-order valence-electron chi connectivity index (χ4n) is 2.45. The van der Waals surface area contributed by atoms with Crippen molar-refractivity contribution in [3.05, 3.63) is 47.5 Å². The van der Waals surface area contributed by atoms with Gasteiger partial charge in [-0.2, -0.15) is 0 Å². The van der Waals surface area contributed by atoms with Gasteiger partial charge in [0.1, 0.15) is 5.56 Å². The van der Waals surface area contributed by atoms with E-state index in [0.29, 0.717) is 11.3 Å². The first-order valence-electron chi connectivity index (χ1n) is 6.86. The zero-order valence-electron chi connectivity index (χ0n) is 12.2. The van der Waals surface area contributed by atoms with Crippen molar-refractivity contribution in [3.63, 3.8) is 0 Å². The molecule has 0 aliphatic heterocycles. The lowest BCUT2D eigenvalue weighted by molar-refractivity contribution is 0.0526. The summed E-state index contributed by atoms with van der Waals surface area (Å²) < 4.78 is 7.06. The molecule has 0 amide bonds. The van der Waals surface area contributed by atoms with Gasteiger partial charge in [0.15, 0.2) is 0 Å².